The predicted molar refractivity (Wildman–Crippen MR) is 73.5 cm³/mol. The third-order valence-corrected chi connectivity index (χ3v) is 3.54. The van der Waals surface area contributed by atoms with Gasteiger partial charge in [-0.3, -0.25) is 9.59 Å². The van der Waals surface area contributed by atoms with Gasteiger partial charge in [-0.25, -0.2) is 8.78 Å². The Labute approximate surface area is 126 Å². The minimum atomic E-state index is -0.757. The van der Waals surface area contributed by atoms with Crippen LogP contribution in [0.5, 0.6) is 5.75 Å². The summed E-state index contributed by atoms with van der Waals surface area (Å²) < 4.78 is 37.7. The first-order valence-corrected chi connectivity index (χ1v) is 6.92. The molecule has 1 unspecified atom stereocenters. The van der Waals surface area contributed by atoms with Gasteiger partial charge in [0.05, 0.1) is 13.7 Å². The van der Waals surface area contributed by atoms with E-state index in [-0.39, 0.29) is 43.3 Å². The fourth-order valence-corrected chi connectivity index (χ4v) is 2.55. The normalized spacial score (nSPS) is 17.7. The summed E-state index contributed by atoms with van der Waals surface area (Å²) in [6.45, 7) is 1.75. The van der Waals surface area contributed by atoms with Crippen LogP contribution in [0.15, 0.2) is 12.1 Å². The highest BCUT2D eigenvalue weighted by molar-refractivity contribution is 5.84. The summed E-state index contributed by atoms with van der Waals surface area (Å²) in [5.41, 5.74) is -0.152. The molecule has 1 atom stereocenters. The second-order valence-electron chi connectivity index (χ2n) is 4.99. The standard InChI is InChI=1S/C15H17F2NO4/c1-3-22-14(20)8-18-7-9(4-13(18)19)15-11(16)5-10(21-2)6-12(15)17/h5-6,9H,3-4,7-8H2,1-2H3. The fraction of sp³-hybridized carbons (Fsp3) is 0.467. The van der Waals surface area contributed by atoms with E-state index in [9.17, 15) is 18.4 Å². The van der Waals surface area contributed by atoms with Crippen molar-refractivity contribution in [3.05, 3.63) is 29.3 Å². The van der Waals surface area contributed by atoms with Gasteiger partial charge >= 0.3 is 5.97 Å². The lowest BCUT2D eigenvalue weighted by atomic mass is 9.97. The number of halogens is 2. The molecule has 0 spiro atoms. The van der Waals surface area contributed by atoms with E-state index in [2.05, 4.69) is 0 Å². The molecule has 1 amide bonds. The van der Waals surface area contributed by atoms with E-state index in [0.29, 0.717) is 0 Å². The van der Waals surface area contributed by atoms with Crippen LogP contribution in [0.3, 0.4) is 0 Å². The van der Waals surface area contributed by atoms with Crippen LogP contribution in [0, 0.1) is 11.6 Å². The summed E-state index contributed by atoms with van der Waals surface area (Å²) in [6.07, 6.45) is -0.0421. The smallest absolute Gasteiger partial charge is 0.325 e. The topological polar surface area (TPSA) is 55.8 Å². The number of nitrogens with zero attached hydrogens (tertiary/aromatic N) is 1. The third-order valence-electron chi connectivity index (χ3n) is 3.54. The Bertz CT molecular complexity index is 568. The Balaban J connectivity index is 2.15. The second kappa shape index (κ2) is 6.72. The van der Waals surface area contributed by atoms with Crippen molar-refractivity contribution in [1.82, 2.24) is 4.90 Å². The molecule has 1 saturated heterocycles. The molecule has 0 aliphatic carbocycles. The molecule has 1 aliphatic heterocycles. The van der Waals surface area contributed by atoms with E-state index in [1.165, 1.54) is 12.0 Å². The van der Waals surface area contributed by atoms with Crippen molar-refractivity contribution in [2.24, 2.45) is 0 Å². The van der Waals surface area contributed by atoms with Crippen molar-refractivity contribution >= 4 is 11.9 Å². The number of esters is 1. The largest absolute Gasteiger partial charge is 0.497 e. The molecule has 0 radical (unpaired) electrons. The molecule has 1 aliphatic rings. The molecule has 7 heteroatoms. The molecule has 22 heavy (non-hydrogen) atoms. The van der Waals surface area contributed by atoms with E-state index in [1.54, 1.807) is 6.92 Å². The molecular formula is C15H17F2NO4. The van der Waals surface area contributed by atoms with Gasteiger partial charge in [-0.1, -0.05) is 0 Å². The number of amides is 1. The van der Waals surface area contributed by atoms with Gasteiger partial charge in [0.1, 0.15) is 23.9 Å². The minimum Gasteiger partial charge on any atom is -0.497 e. The molecule has 1 aromatic rings. The zero-order valence-electron chi connectivity index (χ0n) is 12.4. The van der Waals surface area contributed by atoms with Gasteiger partial charge in [0.15, 0.2) is 0 Å². The zero-order valence-corrected chi connectivity index (χ0v) is 12.4. The average Bonchev–Trinajstić information content (AvgIpc) is 2.79. The van der Waals surface area contributed by atoms with E-state index in [1.807, 2.05) is 0 Å². The second-order valence-corrected chi connectivity index (χ2v) is 4.99. The first-order chi connectivity index (χ1) is 10.5. The Morgan fingerprint density at radius 2 is 2.00 bits per heavy atom. The van der Waals surface area contributed by atoms with Gasteiger partial charge in [0, 0.05) is 36.6 Å². The maximum absolute atomic E-state index is 14.0. The lowest BCUT2D eigenvalue weighted by Gasteiger charge is -2.16. The number of hydrogen-bond acceptors (Lipinski definition) is 4. The molecule has 1 aromatic carbocycles. The Morgan fingerprint density at radius 1 is 1.36 bits per heavy atom. The molecule has 120 valence electrons. The number of methoxy groups -OCH3 is 1. The monoisotopic (exact) mass is 313 g/mol. The van der Waals surface area contributed by atoms with Crippen LogP contribution in [0.1, 0.15) is 24.8 Å². The number of likely N-dealkylation sites (tertiary alicyclic amines) is 1. The van der Waals surface area contributed by atoms with Crippen LogP contribution < -0.4 is 4.74 Å². The minimum absolute atomic E-state index is 0.0421. The van der Waals surface area contributed by atoms with Gasteiger partial charge in [0.2, 0.25) is 5.91 Å². The number of rotatable bonds is 5. The number of benzene rings is 1. The highest BCUT2D eigenvalue weighted by atomic mass is 19.1. The quantitative estimate of drug-likeness (QED) is 0.779. The molecule has 5 nitrogen and oxygen atoms in total. The van der Waals surface area contributed by atoms with Gasteiger partial charge in [-0.05, 0) is 6.92 Å². The van der Waals surface area contributed by atoms with E-state index in [0.717, 1.165) is 12.1 Å². The molecule has 0 N–H and O–H groups in total. The van der Waals surface area contributed by atoms with Crippen molar-refractivity contribution in [1.29, 1.82) is 0 Å². The van der Waals surface area contributed by atoms with Gasteiger partial charge < -0.3 is 14.4 Å². The Hall–Kier alpha value is -2.18. The number of carbonyl (C=O) groups excluding carboxylic acids is 2. The lowest BCUT2D eigenvalue weighted by Crippen LogP contribution is -2.32. The molecule has 0 bridgehead atoms. The number of carbonyl (C=O) groups is 2. The summed E-state index contributed by atoms with van der Waals surface area (Å²) in [7, 11) is 1.31. The van der Waals surface area contributed by atoms with Crippen molar-refractivity contribution in [3.63, 3.8) is 0 Å². The summed E-state index contributed by atoms with van der Waals surface area (Å²) in [6, 6.07) is 2.16. The maximum Gasteiger partial charge on any atom is 0.325 e. The van der Waals surface area contributed by atoms with Crippen molar-refractivity contribution < 1.29 is 27.8 Å². The average molecular weight is 313 g/mol. The highest BCUT2D eigenvalue weighted by Gasteiger charge is 2.35. The highest BCUT2D eigenvalue weighted by Crippen LogP contribution is 2.33. The SMILES string of the molecule is CCOC(=O)CN1CC(c2c(F)cc(OC)cc2F)CC1=O. The van der Waals surface area contributed by atoms with Crippen LogP contribution in [0.25, 0.3) is 0 Å². The summed E-state index contributed by atoms with van der Waals surface area (Å²) >= 11 is 0. The molecule has 0 saturated carbocycles. The van der Waals surface area contributed by atoms with E-state index < -0.39 is 23.5 Å². The molecule has 1 heterocycles. The van der Waals surface area contributed by atoms with E-state index >= 15 is 0 Å². The Morgan fingerprint density at radius 3 is 2.55 bits per heavy atom. The molecule has 1 fully saturated rings. The van der Waals surface area contributed by atoms with Crippen LogP contribution >= 0.6 is 0 Å². The molecular weight excluding hydrogens is 296 g/mol. The van der Waals surface area contributed by atoms with E-state index in [4.69, 9.17) is 9.47 Å². The number of ether oxygens (including phenoxy) is 2. The summed E-state index contributed by atoms with van der Waals surface area (Å²) in [4.78, 5) is 24.6. The summed E-state index contributed by atoms with van der Waals surface area (Å²) in [5.74, 6) is -2.93. The Kier molecular flexibility index (Phi) is 4.95. The molecule has 0 aromatic heterocycles. The summed E-state index contributed by atoms with van der Waals surface area (Å²) in [5, 5.41) is 0. The number of hydrogen-bond donors (Lipinski definition) is 0. The first-order valence-electron chi connectivity index (χ1n) is 6.92. The van der Waals surface area contributed by atoms with Crippen molar-refractivity contribution in [3.8, 4) is 5.75 Å². The predicted octanol–water partition coefficient (Wildman–Crippen LogP) is 1.85. The van der Waals surface area contributed by atoms with Gasteiger partial charge in [0.25, 0.3) is 0 Å². The van der Waals surface area contributed by atoms with Crippen LogP contribution in [-0.4, -0.2) is 43.6 Å². The third kappa shape index (κ3) is 3.35. The van der Waals surface area contributed by atoms with Crippen molar-refractivity contribution in [2.75, 3.05) is 26.8 Å². The molecule has 2 rings (SSSR count). The fourth-order valence-electron chi connectivity index (χ4n) is 2.55. The van der Waals surface area contributed by atoms with Crippen LogP contribution in [0.2, 0.25) is 0 Å². The zero-order chi connectivity index (χ0) is 16.3. The van der Waals surface area contributed by atoms with Crippen LogP contribution in [-0.2, 0) is 14.3 Å². The van der Waals surface area contributed by atoms with Crippen LogP contribution in [0.4, 0.5) is 8.78 Å². The first kappa shape index (κ1) is 16.2. The lowest BCUT2D eigenvalue weighted by molar-refractivity contribution is -0.147. The maximum atomic E-state index is 14.0. The van der Waals surface area contributed by atoms with Gasteiger partial charge in [-0.15, -0.1) is 0 Å². The van der Waals surface area contributed by atoms with Gasteiger partial charge in [-0.2, -0.15) is 0 Å². The van der Waals surface area contributed by atoms with Crippen molar-refractivity contribution in [2.45, 2.75) is 19.3 Å².